The van der Waals surface area contributed by atoms with E-state index in [0.717, 1.165) is 37.2 Å². The second-order valence-corrected chi connectivity index (χ2v) is 10.8. The Kier molecular flexibility index (Phi) is 8.06. The first-order valence-corrected chi connectivity index (χ1v) is 13.2. The third-order valence-electron chi connectivity index (χ3n) is 6.39. The predicted octanol–water partition coefficient (Wildman–Crippen LogP) is 4.62. The summed E-state index contributed by atoms with van der Waals surface area (Å²) < 4.78 is 7.45. The number of carbonyl (C=O) groups is 1. The Morgan fingerprint density at radius 2 is 2.03 bits per heavy atom. The fourth-order valence-electron chi connectivity index (χ4n) is 4.39. The van der Waals surface area contributed by atoms with Crippen molar-refractivity contribution < 1.29 is 9.53 Å². The molecule has 1 saturated heterocycles. The number of pyridine rings is 1. The van der Waals surface area contributed by atoms with Gasteiger partial charge < -0.3 is 10.1 Å². The van der Waals surface area contributed by atoms with E-state index in [9.17, 15) is 9.59 Å². The van der Waals surface area contributed by atoms with Gasteiger partial charge in [0, 0.05) is 32.0 Å². The number of anilines is 1. The molecule has 0 bridgehead atoms. The minimum absolute atomic E-state index is 0.169. The van der Waals surface area contributed by atoms with Gasteiger partial charge in [-0.3, -0.25) is 18.9 Å². The molecule has 0 aromatic carbocycles. The highest BCUT2D eigenvalue weighted by Gasteiger charge is 2.32. The maximum Gasteiger partial charge on any atom is 0.267 e. The van der Waals surface area contributed by atoms with Crippen molar-refractivity contribution in [2.45, 2.75) is 58.9 Å². The average molecular weight is 501 g/mol. The number of fused-ring (bicyclic) bond motifs is 1. The quantitative estimate of drug-likeness (QED) is 0.322. The van der Waals surface area contributed by atoms with E-state index in [1.165, 1.54) is 11.8 Å². The Morgan fingerprint density at radius 3 is 2.76 bits per heavy atom. The van der Waals surface area contributed by atoms with Gasteiger partial charge in [-0.15, -0.1) is 0 Å². The van der Waals surface area contributed by atoms with Gasteiger partial charge in [0.05, 0.1) is 10.5 Å². The lowest BCUT2D eigenvalue weighted by atomic mass is 9.87. The number of nitrogens with zero attached hydrogens (tertiary/aromatic N) is 3. The number of thioether (sulfide) groups is 1. The molecule has 182 valence electrons. The van der Waals surface area contributed by atoms with Crippen molar-refractivity contribution in [1.29, 1.82) is 0 Å². The molecule has 1 aliphatic carbocycles. The van der Waals surface area contributed by atoms with E-state index in [2.05, 4.69) is 12.2 Å². The fourth-order valence-corrected chi connectivity index (χ4v) is 5.68. The average Bonchev–Trinajstić information content (AvgIpc) is 3.08. The molecular formula is C25H32N4O3S2. The Hall–Kier alpha value is -2.23. The minimum Gasteiger partial charge on any atom is -0.382 e. The van der Waals surface area contributed by atoms with Crippen molar-refractivity contribution in [1.82, 2.24) is 14.3 Å². The molecule has 0 spiro atoms. The molecule has 34 heavy (non-hydrogen) atoms. The molecule has 1 saturated carbocycles. The van der Waals surface area contributed by atoms with Crippen LogP contribution in [-0.4, -0.2) is 50.3 Å². The first-order valence-electron chi connectivity index (χ1n) is 12.0. The van der Waals surface area contributed by atoms with Crippen molar-refractivity contribution in [3.05, 3.63) is 44.7 Å². The largest absolute Gasteiger partial charge is 0.382 e. The Labute approximate surface area is 210 Å². The van der Waals surface area contributed by atoms with Crippen LogP contribution in [-0.2, 0) is 9.53 Å². The summed E-state index contributed by atoms with van der Waals surface area (Å²) in [6.07, 6.45) is 8.54. The minimum atomic E-state index is -0.193. The van der Waals surface area contributed by atoms with Crippen molar-refractivity contribution >= 4 is 51.7 Å². The second-order valence-electron chi connectivity index (χ2n) is 9.10. The maximum absolute atomic E-state index is 13.6. The summed E-state index contributed by atoms with van der Waals surface area (Å²) in [5.74, 6) is 1.09. The molecule has 3 heterocycles. The van der Waals surface area contributed by atoms with Crippen LogP contribution in [0.5, 0.6) is 0 Å². The van der Waals surface area contributed by atoms with Crippen molar-refractivity contribution in [3.63, 3.8) is 0 Å². The molecule has 1 N–H and O–H groups in total. The Bertz CT molecular complexity index is 1170. The van der Waals surface area contributed by atoms with Gasteiger partial charge in [-0.2, -0.15) is 0 Å². The summed E-state index contributed by atoms with van der Waals surface area (Å²) in [6.45, 7) is 7.89. The van der Waals surface area contributed by atoms with Crippen molar-refractivity contribution in [2.24, 2.45) is 5.92 Å². The molecule has 2 aromatic heterocycles. The number of aryl methyl sites for hydroxylation is 1. The lowest BCUT2D eigenvalue weighted by Crippen LogP contribution is -2.30. The number of hydrogen-bond donors (Lipinski definition) is 1. The van der Waals surface area contributed by atoms with Crippen molar-refractivity contribution in [3.8, 4) is 0 Å². The zero-order chi connectivity index (χ0) is 24.2. The Balaban J connectivity index is 1.68. The third kappa shape index (κ3) is 5.53. The first-order chi connectivity index (χ1) is 16.4. The first kappa shape index (κ1) is 24.9. The molecule has 1 amide bonds. The molecule has 2 aliphatic rings. The summed E-state index contributed by atoms with van der Waals surface area (Å²) in [5.41, 5.74) is 1.76. The molecule has 2 fully saturated rings. The zero-order valence-corrected chi connectivity index (χ0v) is 21.6. The highest BCUT2D eigenvalue weighted by atomic mass is 32.2. The monoisotopic (exact) mass is 500 g/mol. The van der Waals surface area contributed by atoms with E-state index in [1.54, 1.807) is 21.6 Å². The fraction of sp³-hybridized carbons (Fsp3) is 0.520. The van der Waals surface area contributed by atoms with Crippen LogP contribution in [0.25, 0.3) is 11.7 Å². The van der Waals surface area contributed by atoms with Crippen LogP contribution >= 0.6 is 24.0 Å². The summed E-state index contributed by atoms with van der Waals surface area (Å²) in [7, 11) is 0. The molecule has 0 atom stereocenters. The normalized spacial score (nSPS) is 22.2. The van der Waals surface area contributed by atoms with E-state index < -0.39 is 0 Å². The number of carbonyl (C=O) groups excluding carboxylic acids is 1. The molecule has 1 aliphatic heterocycles. The van der Waals surface area contributed by atoms with Gasteiger partial charge in [0.1, 0.15) is 15.8 Å². The van der Waals surface area contributed by atoms with Crippen LogP contribution < -0.4 is 10.9 Å². The maximum atomic E-state index is 13.6. The van der Waals surface area contributed by atoms with E-state index in [-0.39, 0.29) is 17.5 Å². The van der Waals surface area contributed by atoms with E-state index >= 15 is 0 Å². The number of amides is 1. The molecular weight excluding hydrogens is 468 g/mol. The predicted molar refractivity (Wildman–Crippen MR) is 142 cm³/mol. The highest BCUT2D eigenvalue weighted by molar-refractivity contribution is 8.26. The van der Waals surface area contributed by atoms with Gasteiger partial charge in [-0.05, 0) is 69.6 Å². The van der Waals surface area contributed by atoms with Crippen molar-refractivity contribution in [2.75, 3.05) is 25.1 Å². The van der Waals surface area contributed by atoms with E-state index in [1.807, 2.05) is 26.0 Å². The van der Waals surface area contributed by atoms with Gasteiger partial charge >= 0.3 is 0 Å². The lowest BCUT2D eigenvalue weighted by Gasteiger charge is -2.27. The summed E-state index contributed by atoms with van der Waals surface area (Å²) in [5, 5.41) is 3.52. The van der Waals surface area contributed by atoms with Gasteiger partial charge in [0.15, 0.2) is 0 Å². The van der Waals surface area contributed by atoms with Crippen LogP contribution in [0.15, 0.2) is 28.0 Å². The van der Waals surface area contributed by atoms with Crippen LogP contribution in [0.3, 0.4) is 0 Å². The molecule has 0 radical (unpaired) electrons. The molecule has 7 nitrogen and oxygen atoms in total. The SMILES string of the molecule is CCOCCCN1C(=O)/C(=C\c2c(NC3CCC(C)CC3)nc3ccc(C)cn3c2=O)SC1=S. The molecule has 2 aromatic rings. The standard InChI is InChI=1S/C25H32N4O3S2/c1-4-32-13-5-12-28-24(31)20(34-25(28)33)14-19-22(26-18-9-6-16(2)7-10-18)27-21-11-8-17(3)15-29(21)23(19)30/h8,11,14-16,18,26H,4-7,9-10,12-13H2,1-3H3/b20-14+. The molecule has 4 rings (SSSR count). The summed E-state index contributed by atoms with van der Waals surface area (Å²) in [4.78, 5) is 33.5. The Morgan fingerprint density at radius 1 is 1.26 bits per heavy atom. The van der Waals surface area contributed by atoms with Crippen LogP contribution in [0.4, 0.5) is 5.82 Å². The number of ether oxygens (including phenoxy) is 1. The van der Waals surface area contributed by atoms with Crippen LogP contribution in [0.1, 0.15) is 57.1 Å². The van der Waals surface area contributed by atoms with Gasteiger partial charge in [-0.1, -0.05) is 37.0 Å². The molecule has 0 unspecified atom stereocenters. The number of rotatable bonds is 8. The lowest BCUT2D eigenvalue weighted by molar-refractivity contribution is -0.122. The summed E-state index contributed by atoms with van der Waals surface area (Å²) >= 11 is 6.70. The smallest absolute Gasteiger partial charge is 0.267 e. The van der Waals surface area contributed by atoms with Crippen LogP contribution in [0.2, 0.25) is 0 Å². The second kappa shape index (κ2) is 11.0. The summed E-state index contributed by atoms with van der Waals surface area (Å²) in [6, 6.07) is 4.06. The number of hydrogen-bond acceptors (Lipinski definition) is 7. The zero-order valence-electron chi connectivity index (χ0n) is 20.0. The number of nitrogens with one attached hydrogen (secondary N) is 1. The number of aromatic nitrogens is 2. The third-order valence-corrected chi connectivity index (χ3v) is 7.76. The van der Waals surface area contributed by atoms with E-state index in [4.69, 9.17) is 21.9 Å². The van der Waals surface area contributed by atoms with E-state index in [0.29, 0.717) is 52.4 Å². The topological polar surface area (TPSA) is 75.9 Å². The van der Waals surface area contributed by atoms with Gasteiger partial charge in [0.25, 0.3) is 11.5 Å². The highest BCUT2D eigenvalue weighted by Crippen LogP contribution is 2.34. The van der Waals surface area contributed by atoms with Crippen LogP contribution in [0, 0.1) is 12.8 Å². The van der Waals surface area contributed by atoms with Gasteiger partial charge in [-0.25, -0.2) is 4.98 Å². The van der Waals surface area contributed by atoms with Gasteiger partial charge in [0.2, 0.25) is 0 Å². The number of thiocarbonyl (C=S) groups is 1. The molecule has 9 heteroatoms.